The van der Waals surface area contributed by atoms with Crippen LogP contribution in [-0.4, -0.2) is 24.3 Å². The van der Waals surface area contributed by atoms with E-state index in [4.69, 9.17) is 11.6 Å². The van der Waals surface area contributed by atoms with Gasteiger partial charge in [0.05, 0.1) is 10.7 Å². The molecule has 0 aromatic heterocycles. The summed E-state index contributed by atoms with van der Waals surface area (Å²) in [6.07, 6.45) is 0.279. The topological polar surface area (TPSA) is 75.7 Å². The number of alkyl halides is 2. The van der Waals surface area contributed by atoms with Crippen molar-refractivity contribution in [3.05, 3.63) is 53.1 Å². The maximum atomic E-state index is 12.4. The standard InChI is InChI=1S/C18H13ClF2N2O4/c19-13-9-11(4-5-14(13)27-18(20)21)22-17(26)10-2-1-3-12(8-10)23-15(24)6-7-16(23)25/h1-5,8-9,18H,6-7H2,(H,22,26). The molecule has 2 aromatic rings. The molecule has 27 heavy (non-hydrogen) atoms. The van der Waals surface area contributed by atoms with Crippen LogP contribution < -0.4 is 15.0 Å². The lowest BCUT2D eigenvalue weighted by molar-refractivity contribution is -0.121. The molecule has 140 valence electrons. The summed E-state index contributed by atoms with van der Waals surface area (Å²) >= 11 is 5.86. The molecule has 0 aliphatic carbocycles. The van der Waals surface area contributed by atoms with Crippen molar-refractivity contribution in [3.8, 4) is 5.75 Å². The van der Waals surface area contributed by atoms with Crippen molar-refractivity contribution in [2.75, 3.05) is 10.2 Å². The number of amides is 3. The van der Waals surface area contributed by atoms with Crippen LogP contribution >= 0.6 is 11.6 Å². The fourth-order valence-corrected chi connectivity index (χ4v) is 2.85. The zero-order chi connectivity index (χ0) is 19.6. The Morgan fingerprint density at radius 3 is 2.44 bits per heavy atom. The van der Waals surface area contributed by atoms with Gasteiger partial charge in [-0.2, -0.15) is 8.78 Å². The van der Waals surface area contributed by atoms with Gasteiger partial charge >= 0.3 is 6.61 Å². The maximum Gasteiger partial charge on any atom is 0.387 e. The molecular formula is C18H13ClF2N2O4. The van der Waals surface area contributed by atoms with E-state index < -0.39 is 12.5 Å². The molecule has 1 aliphatic rings. The first-order valence-corrected chi connectivity index (χ1v) is 8.24. The highest BCUT2D eigenvalue weighted by atomic mass is 35.5. The number of benzene rings is 2. The van der Waals surface area contributed by atoms with E-state index in [1.807, 2.05) is 0 Å². The van der Waals surface area contributed by atoms with Gasteiger partial charge in [0.15, 0.2) is 0 Å². The highest BCUT2D eigenvalue weighted by Gasteiger charge is 2.30. The number of hydrogen-bond acceptors (Lipinski definition) is 4. The maximum absolute atomic E-state index is 12.4. The van der Waals surface area contributed by atoms with Crippen LogP contribution in [0.15, 0.2) is 42.5 Å². The van der Waals surface area contributed by atoms with Gasteiger partial charge in [-0.1, -0.05) is 17.7 Å². The minimum Gasteiger partial charge on any atom is -0.433 e. The molecule has 1 heterocycles. The number of rotatable bonds is 5. The lowest BCUT2D eigenvalue weighted by atomic mass is 10.1. The van der Waals surface area contributed by atoms with Crippen molar-refractivity contribution < 1.29 is 27.9 Å². The molecule has 0 bridgehead atoms. The fourth-order valence-electron chi connectivity index (χ4n) is 2.62. The van der Waals surface area contributed by atoms with E-state index in [2.05, 4.69) is 10.1 Å². The summed E-state index contributed by atoms with van der Waals surface area (Å²) in [6.45, 7) is -3.01. The Hall–Kier alpha value is -3.00. The van der Waals surface area contributed by atoms with E-state index in [-0.39, 0.29) is 46.7 Å². The molecule has 1 fully saturated rings. The van der Waals surface area contributed by atoms with Crippen molar-refractivity contribution in [1.82, 2.24) is 0 Å². The molecule has 1 N–H and O–H groups in total. The summed E-state index contributed by atoms with van der Waals surface area (Å²) in [6, 6.07) is 9.89. The first-order chi connectivity index (χ1) is 12.8. The molecule has 0 unspecified atom stereocenters. The lowest BCUT2D eigenvalue weighted by Crippen LogP contribution is -2.28. The zero-order valence-electron chi connectivity index (χ0n) is 13.7. The number of nitrogens with one attached hydrogen (secondary N) is 1. The summed E-state index contributed by atoms with van der Waals surface area (Å²) in [5.41, 5.74) is 0.795. The minimum atomic E-state index is -3.01. The van der Waals surface area contributed by atoms with Gasteiger partial charge in [0, 0.05) is 24.1 Å². The van der Waals surface area contributed by atoms with Gasteiger partial charge in [-0.3, -0.25) is 19.3 Å². The van der Waals surface area contributed by atoms with Crippen LogP contribution in [0.4, 0.5) is 20.2 Å². The summed E-state index contributed by atoms with van der Waals surface area (Å²) in [5, 5.41) is 2.48. The number of carbonyl (C=O) groups is 3. The molecule has 0 radical (unpaired) electrons. The largest absolute Gasteiger partial charge is 0.433 e. The van der Waals surface area contributed by atoms with Gasteiger partial charge in [0.1, 0.15) is 5.75 Å². The third-order valence-electron chi connectivity index (χ3n) is 3.82. The van der Waals surface area contributed by atoms with E-state index in [0.29, 0.717) is 5.69 Å². The Balaban J connectivity index is 1.77. The van der Waals surface area contributed by atoms with E-state index in [1.165, 1.54) is 30.3 Å². The van der Waals surface area contributed by atoms with Crippen molar-refractivity contribution in [1.29, 1.82) is 0 Å². The summed E-state index contributed by atoms with van der Waals surface area (Å²) in [4.78, 5) is 37.1. The van der Waals surface area contributed by atoms with Crippen LogP contribution in [0.3, 0.4) is 0 Å². The Morgan fingerprint density at radius 2 is 1.81 bits per heavy atom. The Morgan fingerprint density at radius 1 is 1.11 bits per heavy atom. The summed E-state index contributed by atoms with van der Waals surface area (Å²) < 4.78 is 28.7. The molecule has 1 aliphatic heterocycles. The molecule has 0 spiro atoms. The molecule has 9 heteroatoms. The van der Waals surface area contributed by atoms with Crippen molar-refractivity contribution in [3.63, 3.8) is 0 Å². The number of imide groups is 1. The van der Waals surface area contributed by atoms with Gasteiger partial charge in [-0.15, -0.1) is 0 Å². The predicted molar refractivity (Wildman–Crippen MR) is 94.2 cm³/mol. The monoisotopic (exact) mass is 394 g/mol. The highest BCUT2D eigenvalue weighted by molar-refractivity contribution is 6.32. The number of ether oxygens (including phenoxy) is 1. The molecule has 1 saturated heterocycles. The van der Waals surface area contributed by atoms with Crippen LogP contribution in [0, 0.1) is 0 Å². The van der Waals surface area contributed by atoms with Gasteiger partial charge < -0.3 is 10.1 Å². The minimum absolute atomic E-state index is 0.0879. The van der Waals surface area contributed by atoms with Gasteiger partial charge in [0.25, 0.3) is 5.91 Å². The highest BCUT2D eigenvalue weighted by Crippen LogP contribution is 2.29. The van der Waals surface area contributed by atoms with Crippen LogP contribution in [0.25, 0.3) is 0 Å². The predicted octanol–water partition coefficient (Wildman–Crippen LogP) is 3.85. The number of halogens is 3. The quantitative estimate of drug-likeness (QED) is 0.782. The Labute approximate surface area is 157 Å². The zero-order valence-corrected chi connectivity index (χ0v) is 14.5. The van der Waals surface area contributed by atoms with E-state index in [1.54, 1.807) is 12.1 Å². The van der Waals surface area contributed by atoms with Crippen molar-refractivity contribution in [2.24, 2.45) is 0 Å². The molecule has 0 atom stereocenters. The second-order valence-electron chi connectivity index (χ2n) is 5.65. The van der Waals surface area contributed by atoms with Crippen LogP contribution in [0.2, 0.25) is 5.02 Å². The Kier molecular flexibility index (Phi) is 5.36. The average molecular weight is 395 g/mol. The average Bonchev–Trinajstić information content (AvgIpc) is 2.95. The first kappa shape index (κ1) is 18.8. The molecule has 0 saturated carbocycles. The van der Waals surface area contributed by atoms with Gasteiger partial charge in [-0.25, -0.2) is 0 Å². The third-order valence-corrected chi connectivity index (χ3v) is 4.12. The number of anilines is 2. The van der Waals surface area contributed by atoms with E-state index in [9.17, 15) is 23.2 Å². The Bertz CT molecular complexity index is 904. The van der Waals surface area contributed by atoms with Crippen molar-refractivity contribution in [2.45, 2.75) is 19.5 Å². The fraction of sp³-hybridized carbons (Fsp3) is 0.167. The number of hydrogen-bond donors (Lipinski definition) is 1. The summed E-state index contributed by atoms with van der Waals surface area (Å²) in [7, 11) is 0. The SMILES string of the molecule is O=C(Nc1ccc(OC(F)F)c(Cl)c1)c1cccc(N2C(=O)CCC2=O)c1. The summed E-state index contributed by atoms with van der Waals surface area (Å²) in [5.74, 6) is -1.37. The third kappa shape index (κ3) is 4.22. The second-order valence-corrected chi connectivity index (χ2v) is 6.06. The van der Waals surface area contributed by atoms with Crippen LogP contribution in [0.5, 0.6) is 5.75 Å². The van der Waals surface area contributed by atoms with Crippen LogP contribution in [-0.2, 0) is 9.59 Å². The second kappa shape index (κ2) is 7.71. The van der Waals surface area contributed by atoms with E-state index >= 15 is 0 Å². The first-order valence-electron chi connectivity index (χ1n) is 7.86. The van der Waals surface area contributed by atoms with Crippen molar-refractivity contribution >= 4 is 40.7 Å². The van der Waals surface area contributed by atoms with Crippen LogP contribution in [0.1, 0.15) is 23.2 Å². The number of carbonyl (C=O) groups excluding carboxylic acids is 3. The molecule has 2 aromatic carbocycles. The normalized spacial score (nSPS) is 14.0. The van der Waals surface area contributed by atoms with Gasteiger partial charge in [-0.05, 0) is 36.4 Å². The molecule has 6 nitrogen and oxygen atoms in total. The molecule has 3 rings (SSSR count). The molecule has 3 amide bonds. The van der Waals surface area contributed by atoms with E-state index in [0.717, 1.165) is 4.90 Å². The smallest absolute Gasteiger partial charge is 0.387 e. The molecular weight excluding hydrogens is 382 g/mol. The van der Waals surface area contributed by atoms with Gasteiger partial charge in [0.2, 0.25) is 11.8 Å². The lowest BCUT2D eigenvalue weighted by Gasteiger charge is -2.15. The number of nitrogens with zero attached hydrogens (tertiary/aromatic N) is 1.